The van der Waals surface area contributed by atoms with Crippen LogP contribution in [0.3, 0.4) is 0 Å². The molecule has 4 nitrogen and oxygen atoms in total. The molecular weight excluding hydrogens is 306 g/mol. The number of anilines is 1. The third kappa shape index (κ3) is 3.66. The lowest BCUT2D eigenvalue weighted by Crippen LogP contribution is -2.29. The number of halogens is 1. The maximum Gasteiger partial charge on any atom is 0.162 e. The van der Waals surface area contributed by atoms with E-state index in [0.29, 0.717) is 6.61 Å². The molecule has 1 atom stereocenters. The highest BCUT2D eigenvalue weighted by Crippen LogP contribution is 2.31. The quantitative estimate of drug-likeness (QED) is 0.824. The van der Waals surface area contributed by atoms with E-state index in [1.807, 2.05) is 14.0 Å². The number of ether oxygens (including phenoxy) is 1. The number of hydrogen-bond acceptors (Lipinski definition) is 4. The van der Waals surface area contributed by atoms with Gasteiger partial charge in [-0.05, 0) is 42.6 Å². The molecule has 1 rings (SSSR count). The highest BCUT2D eigenvalue weighted by atomic mass is 79.9. The molecule has 0 saturated carbocycles. The average molecular weight is 330 g/mol. The van der Waals surface area contributed by atoms with E-state index < -0.39 is 5.60 Å². The van der Waals surface area contributed by atoms with Gasteiger partial charge >= 0.3 is 0 Å². The van der Waals surface area contributed by atoms with Crippen molar-refractivity contribution in [3.05, 3.63) is 16.0 Å². The van der Waals surface area contributed by atoms with Crippen molar-refractivity contribution in [2.24, 2.45) is 0 Å². The van der Waals surface area contributed by atoms with Crippen LogP contribution in [0.1, 0.15) is 52.1 Å². The summed E-state index contributed by atoms with van der Waals surface area (Å²) < 4.78 is 6.82. The normalized spacial score (nSPS) is 14.2. The Balaban J connectivity index is 3.30. The molecule has 0 aliphatic rings. The number of nitrogens with one attached hydrogen (secondary N) is 1. The van der Waals surface area contributed by atoms with Crippen LogP contribution in [0.4, 0.5) is 5.82 Å². The molecule has 19 heavy (non-hydrogen) atoms. The monoisotopic (exact) mass is 329 g/mol. The molecule has 0 amide bonds. The summed E-state index contributed by atoms with van der Waals surface area (Å²) in [6.45, 7) is 8.95. The second kappa shape index (κ2) is 7.20. The third-order valence-corrected chi connectivity index (χ3v) is 4.09. The van der Waals surface area contributed by atoms with Crippen LogP contribution in [0.15, 0.2) is 4.47 Å². The molecule has 0 aliphatic heterocycles. The van der Waals surface area contributed by atoms with Crippen molar-refractivity contribution in [3.63, 3.8) is 0 Å². The molecule has 0 aliphatic carbocycles. The van der Waals surface area contributed by atoms with Crippen LogP contribution in [0.5, 0.6) is 0 Å². The van der Waals surface area contributed by atoms with E-state index in [2.05, 4.69) is 47.0 Å². The fraction of sp³-hybridized carbons (Fsp3) is 0.714. The van der Waals surface area contributed by atoms with Gasteiger partial charge in [-0.2, -0.15) is 0 Å². The largest absolute Gasteiger partial charge is 0.372 e. The summed E-state index contributed by atoms with van der Waals surface area (Å²) in [6, 6.07) is 0. The minimum atomic E-state index is -0.427. The molecule has 1 heterocycles. The van der Waals surface area contributed by atoms with E-state index >= 15 is 0 Å². The molecule has 1 aromatic rings. The summed E-state index contributed by atoms with van der Waals surface area (Å²) in [4.78, 5) is 9.31. The smallest absolute Gasteiger partial charge is 0.162 e. The van der Waals surface area contributed by atoms with Gasteiger partial charge in [-0.1, -0.05) is 20.3 Å². The molecule has 0 fully saturated rings. The van der Waals surface area contributed by atoms with Crippen molar-refractivity contribution >= 4 is 21.7 Å². The first kappa shape index (κ1) is 16.4. The first-order valence-electron chi connectivity index (χ1n) is 6.90. The Bertz CT molecular complexity index is 425. The zero-order valence-electron chi connectivity index (χ0n) is 12.5. The zero-order chi connectivity index (χ0) is 14.5. The topological polar surface area (TPSA) is 47.0 Å². The number of aromatic nitrogens is 2. The summed E-state index contributed by atoms with van der Waals surface area (Å²) in [6.07, 6.45) is 2.82. The Morgan fingerprint density at radius 2 is 1.95 bits per heavy atom. The second-order valence-electron chi connectivity index (χ2n) is 4.67. The predicted molar refractivity (Wildman–Crippen MR) is 82.5 cm³/mol. The Morgan fingerprint density at radius 1 is 1.26 bits per heavy atom. The summed E-state index contributed by atoms with van der Waals surface area (Å²) in [5, 5.41) is 3.12. The molecule has 0 bridgehead atoms. The fourth-order valence-electron chi connectivity index (χ4n) is 1.94. The SMILES string of the molecule is CCCc1nc(C(C)(CC)OCC)nc(NC)c1Br. The van der Waals surface area contributed by atoms with Crippen molar-refractivity contribution in [1.82, 2.24) is 9.97 Å². The van der Waals surface area contributed by atoms with Crippen LogP contribution in [0.2, 0.25) is 0 Å². The number of hydrogen-bond donors (Lipinski definition) is 1. The lowest BCUT2D eigenvalue weighted by molar-refractivity contribution is -0.0391. The molecule has 0 spiro atoms. The zero-order valence-corrected chi connectivity index (χ0v) is 14.1. The van der Waals surface area contributed by atoms with Crippen molar-refractivity contribution in [2.45, 2.75) is 52.6 Å². The third-order valence-electron chi connectivity index (χ3n) is 3.25. The molecule has 5 heteroatoms. The lowest BCUT2D eigenvalue weighted by Gasteiger charge is -2.27. The Labute approximate surface area is 124 Å². The van der Waals surface area contributed by atoms with Crippen LogP contribution in [-0.4, -0.2) is 23.6 Å². The molecule has 108 valence electrons. The molecule has 0 aromatic carbocycles. The maximum atomic E-state index is 5.87. The first-order valence-corrected chi connectivity index (χ1v) is 7.70. The highest BCUT2D eigenvalue weighted by molar-refractivity contribution is 9.10. The van der Waals surface area contributed by atoms with Gasteiger partial charge in [0.15, 0.2) is 5.82 Å². The molecule has 0 radical (unpaired) electrons. The van der Waals surface area contributed by atoms with Gasteiger partial charge in [-0.3, -0.25) is 0 Å². The van der Waals surface area contributed by atoms with E-state index in [9.17, 15) is 0 Å². The molecule has 1 N–H and O–H groups in total. The first-order chi connectivity index (χ1) is 9.02. The van der Waals surface area contributed by atoms with Gasteiger partial charge in [0.25, 0.3) is 0 Å². The fourth-order valence-corrected chi connectivity index (χ4v) is 2.52. The van der Waals surface area contributed by atoms with Gasteiger partial charge in [0.1, 0.15) is 11.4 Å². The molecule has 0 saturated heterocycles. The standard InChI is InChI=1S/C14H24BrN3O/c1-6-9-10-11(15)12(16-5)18-13(17-10)14(4,7-2)19-8-3/h6-9H2,1-5H3,(H,16,17,18). The van der Waals surface area contributed by atoms with E-state index in [-0.39, 0.29) is 0 Å². The van der Waals surface area contributed by atoms with Gasteiger partial charge in [0, 0.05) is 13.7 Å². The summed E-state index contributed by atoms with van der Waals surface area (Å²) >= 11 is 3.58. The van der Waals surface area contributed by atoms with Crippen LogP contribution in [0.25, 0.3) is 0 Å². The summed E-state index contributed by atoms with van der Waals surface area (Å²) in [5.74, 6) is 1.58. The minimum absolute atomic E-state index is 0.427. The van der Waals surface area contributed by atoms with Crippen molar-refractivity contribution in [2.75, 3.05) is 19.0 Å². The van der Waals surface area contributed by atoms with E-state index in [1.54, 1.807) is 0 Å². The van der Waals surface area contributed by atoms with Crippen LogP contribution < -0.4 is 5.32 Å². The van der Waals surface area contributed by atoms with Gasteiger partial charge in [0.2, 0.25) is 0 Å². The number of rotatable bonds is 7. The summed E-state index contributed by atoms with van der Waals surface area (Å²) in [5.41, 5.74) is 0.611. The predicted octanol–water partition coefficient (Wildman–Crippen LogP) is 3.90. The van der Waals surface area contributed by atoms with Crippen LogP contribution in [-0.2, 0) is 16.8 Å². The Morgan fingerprint density at radius 3 is 2.42 bits per heavy atom. The van der Waals surface area contributed by atoms with Crippen molar-refractivity contribution in [1.29, 1.82) is 0 Å². The lowest BCUT2D eigenvalue weighted by atomic mass is 10.0. The summed E-state index contributed by atoms with van der Waals surface area (Å²) in [7, 11) is 1.87. The average Bonchev–Trinajstić information content (AvgIpc) is 2.41. The Kier molecular flexibility index (Phi) is 6.20. The van der Waals surface area contributed by atoms with Crippen molar-refractivity contribution < 1.29 is 4.74 Å². The van der Waals surface area contributed by atoms with Gasteiger partial charge in [-0.25, -0.2) is 9.97 Å². The van der Waals surface area contributed by atoms with Gasteiger partial charge in [-0.15, -0.1) is 0 Å². The maximum absolute atomic E-state index is 5.87. The number of nitrogens with zero attached hydrogens (tertiary/aromatic N) is 2. The highest BCUT2D eigenvalue weighted by Gasteiger charge is 2.30. The molecular formula is C14H24BrN3O. The van der Waals surface area contributed by atoms with E-state index in [4.69, 9.17) is 9.72 Å². The minimum Gasteiger partial charge on any atom is -0.372 e. The second-order valence-corrected chi connectivity index (χ2v) is 5.47. The van der Waals surface area contributed by atoms with Crippen molar-refractivity contribution in [3.8, 4) is 0 Å². The van der Waals surface area contributed by atoms with Gasteiger partial charge < -0.3 is 10.1 Å². The van der Waals surface area contributed by atoms with Gasteiger partial charge in [0.05, 0.1) is 10.2 Å². The van der Waals surface area contributed by atoms with Crippen LogP contribution >= 0.6 is 15.9 Å². The molecule has 1 aromatic heterocycles. The number of aryl methyl sites for hydroxylation is 1. The van der Waals surface area contributed by atoms with E-state index in [0.717, 1.165) is 41.1 Å². The van der Waals surface area contributed by atoms with Crippen LogP contribution in [0, 0.1) is 0 Å². The Hall–Kier alpha value is -0.680. The van der Waals surface area contributed by atoms with E-state index in [1.165, 1.54) is 0 Å². The molecule has 1 unspecified atom stereocenters.